The first-order chi connectivity index (χ1) is 11.6. The molecule has 0 spiro atoms. The minimum absolute atomic E-state index is 0.0844. The zero-order valence-electron chi connectivity index (χ0n) is 15.8. The molecule has 0 bridgehead atoms. The fourth-order valence-corrected chi connectivity index (χ4v) is 3.70. The maximum Gasteiger partial charge on any atom is 0.238 e. The molecule has 1 heterocycles. The predicted octanol–water partition coefficient (Wildman–Crippen LogP) is 2.16. The van der Waals surface area contributed by atoms with E-state index in [4.69, 9.17) is 0 Å². The molecule has 1 aromatic carbocycles. The van der Waals surface area contributed by atoms with Crippen LogP contribution in [-0.2, 0) is 20.5 Å². The van der Waals surface area contributed by atoms with Crippen molar-refractivity contribution in [2.45, 2.75) is 70.6 Å². The highest BCUT2D eigenvalue weighted by Crippen LogP contribution is 2.51. The van der Waals surface area contributed by atoms with E-state index in [1.807, 2.05) is 6.92 Å². The van der Waals surface area contributed by atoms with Crippen LogP contribution >= 0.6 is 0 Å². The van der Waals surface area contributed by atoms with Crippen LogP contribution in [-0.4, -0.2) is 24.0 Å². The Bertz CT molecular complexity index is 677. The van der Waals surface area contributed by atoms with Crippen molar-refractivity contribution < 1.29 is 9.59 Å². The number of benzene rings is 1. The minimum Gasteiger partial charge on any atom is -0.345 e. The summed E-state index contributed by atoms with van der Waals surface area (Å²) in [4.78, 5) is 24.4. The molecular formula is C20H29N3O2. The summed E-state index contributed by atoms with van der Waals surface area (Å²) in [5.74, 6) is 0.219. The summed E-state index contributed by atoms with van der Waals surface area (Å²) < 4.78 is 0. The molecule has 5 heteroatoms. The van der Waals surface area contributed by atoms with Crippen molar-refractivity contribution in [2.75, 3.05) is 0 Å². The number of carbonyl (C=O) groups is 2. The zero-order valence-corrected chi connectivity index (χ0v) is 15.8. The first-order valence-electron chi connectivity index (χ1n) is 9.10. The molecule has 2 amide bonds. The molecule has 3 N–H and O–H groups in total. The van der Waals surface area contributed by atoms with Crippen molar-refractivity contribution >= 4 is 11.8 Å². The molecule has 2 aliphatic rings. The minimum atomic E-state index is -0.470. The number of amides is 2. The van der Waals surface area contributed by atoms with E-state index in [1.165, 1.54) is 5.56 Å². The smallest absolute Gasteiger partial charge is 0.238 e. The molecule has 1 aromatic rings. The summed E-state index contributed by atoms with van der Waals surface area (Å²) in [5.41, 5.74) is 2.24. The molecular weight excluding hydrogens is 314 g/mol. The zero-order chi connectivity index (χ0) is 18.4. The first kappa shape index (κ1) is 17.9. The molecule has 136 valence electrons. The summed E-state index contributed by atoms with van der Waals surface area (Å²) >= 11 is 0. The van der Waals surface area contributed by atoms with E-state index in [9.17, 15) is 9.59 Å². The van der Waals surface area contributed by atoms with Crippen LogP contribution in [0.15, 0.2) is 24.3 Å². The topological polar surface area (TPSA) is 70.2 Å². The number of rotatable bonds is 3. The third-order valence-corrected chi connectivity index (χ3v) is 5.46. The first-order valence-corrected chi connectivity index (χ1v) is 9.10. The maximum atomic E-state index is 12.7. The molecule has 1 aliphatic heterocycles. The standard InChI is InChI=1S/C20H29N3O2/c1-12-11-20(12,15-8-6-14(7-9-15)19(3,4)5)23-18(25)16-10-17(24)22-13(2)21-16/h6-9,12-13,16,21H,10-11H2,1-5H3,(H,22,24)(H,23,25)/t12-,13?,16?,20-/m1/s1. The van der Waals surface area contributed by atoms with Gasteiger partial charge in [-0.05, 0) is 35.8 Å². The lowest BCUT2D eigenvalue weighted by Gasteiger charge is -2.30. The van der Waals surface area contributed by atoms with Crippen LogP contribution < -0.4 is 16.0 Å². The van der Waals surface area contributed by atoms with Crippen LogP contribution in [0.5, 0.6) is 0 Å². The van der Waals surface area contributed by atoms with Gasteiger partial charge >= 0.3 is 0 Å². The third kappa shape index (κ3) is 3.56. The molecule has 1 aliphatic carbocycles. The van der Waals surface area contributed by atoms with Gasteiger partial charge in [0, 0.05) is 0 Å². The molecule has 3 rings (SSSR count). The number of hydrogen-bond donors (Lipinski definition) is 3. The summed E-state index contributed by atoms with van der Waals surface area (Å²) in [6.45, 7) is 10.6. The summed E-state index contributed by atoms with van der Waals surface area (Å²) in [6, 6.07) is 8.11. The Hall–Kier alpha value is -1.88. The van der Waals surface area contributed by atoms with Crippen LogP contribution in [0.4, 0.5) is 0 Å². The Labute approximate surface area is 150 Å². The molecule has 1 saturated heterocycles. The van der Waals surface area contributed by atoms with Crippen LogP contribution in [0.25, 0.3) is 0 Å². The molecule has 2 fully saturated rings. The molecule has 5 nitrogen and oxygen atoms in total. The van der Waals surface area contributed by atoms with E-state index in [2.05, 4.69) is 67.9 Å². The quantitative estimate of drug-likeness (QED) is 0.788. The number of hydrogen-bond acceptors (Lipinski definition) is 3. The molecule has 1 saturated carbocycles. The van der Waals surface area contributed by atoms with Gasteiger partial charge in [0.1, 0.15) is 0 Å². The van der Waals surface area contributed by atoms with Crippen molar-refractivity contribution in [3.05, 3.63) is 35.4 Å². The van der Waals surface area contributed by atoms with Gasteiger partial charge in [0.2, 0.25) is 11.8 Å². The van der Waals surface area contributed by atoms with Gasteiger partial charge in [-0.1, -0.05) is 52.0 Å². The van der Waals surface area contributed by atoms with E-state index >= 15 is 0 Å². The second-order valence-electron chi connectivity index (χ2n) is 8.61. The lowest BCUT2D eigenvalue weighted by Crippen LogP contribution is -2.60. The largest absolute Gasteiger partial charge is 0.345 e. The Morgan fingerprint density at radius 1 is 1.20 bits per heavy atom. The normalized spacial score (nSPS) is 32.0. The molecule has 0 aromatic heterocycles. The second kappa shape index (κ2) is 6.13. The van der Waals surface area contributed by atoms with Crippen LogP contribution in [0.3, 0.4) is 0 Å². The molecule has 25 heavy (non-hydrogen) atoms. The van der Waals surface area contributed by atoms with Crippen molar-refractivity contribution in [1.82, 2.24) is 16.0 Å². The van der Waals surface area contributed by atoms with Crippen LogP contribution in [0, 0.1) is 5.92 Å². The van der Waals surface area contributed by atoms with Gasteiger partial charge in [-0.2, -0.15) is 0 Å². The average Bonchev–Trinajstić information content (AvgIpc) is 3.16. The van der Waals surface area contributed by atoms with Gasteiger partial charge in [0.15, 0.2) is 0 Å². The molecule has 2 unspecified atom stereocenters. The van der Waals surface area contributed by atoms with Crippen molar-refractivity contribution in [1.29, 1.82) is 0 Å². The van der Waals surface area contributed by atoms with E-state index in [0.717, 1.165) is 12.0 Å². The van der Waals surface area contributed by atoms with Crippen molar-refractivity contribution in [3.63, 3.8) is 0 Å². The van der Waals surface area contributed by atoms with E-state index in [0.29, 0.717) is 5.92 Å². The highest BCUT2D eigenvalue weighted by Gasteiger charge is 2.54. The Kier molecular flexibility index (Phi) is 4.40. The SMILES string of the molecule is CC1NC(=O)CC(C(=O)N[C@]2(c3ccc(C(C)(C)C)cc3)C[C@H]2C)N1. The van der Waals surface area contributed by atoms with Crippen LogP contribution in [0.1, 0.15) is 58.6 Å². The van der Waals surface area contributed by atoms with E-state index in [1.54, 1.807) is 0 Å². The van der Waals surface area contributed by atoms with Crippen molar-refractivity contribution in [3.8, 4) is 0 Å². The number of carbonyl (C=O) groups excluding carboxylic acids is 2. The lowest BCUT2D eigenvalue weighted by atomic mass is 9.86. The summed E-state index contributed by atoms with van der Waals surface area (Å²) in [5, 5.41) is 9.14. The van der Waals surface area contributed by atoms with Gasteiger partial charge < -0.3 is 10.6 Å². The summed E-state index contributed by atoms with van der Waals surface area (Å²) in [6.07, 6.45) is 0.932. The highest BCUT2D eigenvalue weighted by molar-refractivity contribution is 5.90. The van der Waals surface area contributed by atoms with Gasteiger partial charge in [0.05, 0.1) is 24.2 Å². The van der Waals surface area contributed by atoms with Gasteiger partial charge in [0.25, 0.3) is 0 Å². The Morgan fingerprint density at radius 2 is 1.80 bits per heavy atom. The second-order valence-corrected chi connectivity index (χ2v) is 8.61. The third-order valence-electron chi connectivity index (χ3n) is 5.46. The summed E-state index contributed by atoms with van der Waals surface area (Å²) in [7, 11) is 0. The monoisotopic (exact) mass is 343 g/mol. The fourth-order valence-electron chi connectivity index (χ4n) is 3.70. The highest BCUT2D eigenvalue weighted by atomic mass is 16.2. The average molecular weight is 343 g/mol. The maximum absolute atomic E-state index is 12.7. The van der Waals surface area contributed by atoms with Gasteiger partial charge in [-0.15, -0.1) is 0 Å². The molecule has 0 radical (unpaired) electrons. The predicted molar refractivity (Wildman–Crippen MR) is 97.9 cm³/mol. The van der Waals surface area contributed by atoms with Gasteiger partial charge in [-0.3, -0.25) is 14.9 Å². The van der Waals surface area contributed by atoms with Crippen LogP contribution in [0.2, 0.25) is 0 Å². The van der Waals surface area contributed by atoms with Crippen molar-refractivity contribution in [2.24, 2.45) is 5.92 Å². The Morgan fingerprint density at radius 3 is 2.28 bits per heavy atom. The molecule has 4 atom stereocenters. The lowest BCUT2D eigenvalue weighted by molar-refractivity contribution is -0.132. The van der Waals surface area contributed by atoms with Gasteiger partial charge in [-0.25, -0.2) is 0 Å². The Balaban J connectivity index is 1.75. The van der Waals surface area contributed by atoms with E-state index in [-0.39, 0.29) is 35.4 Å². The number of nitrogens with one attached hydrogen (secondary N) is 3. The fraction of sp³-hybridized carbons (Fsp3) is 0.600. The van der Waals surface area contributed by atoms with E-state index < -0.39 is 6.04 Å².